The van der Waals surface area contributed by atoms with Crippen molar-refractivity contribution in [3.05, 3.63) is 0 Å². The van der Waals surface area contributed by atoms with Crippen LogP contribution >= 0.6 is 0 Å². The molecule has 0 saturated carbocycles. The van der Waals surface area contributed by atoms with Crippen LogP contribution in [0.2, 0.25) is 0 Å². The maximum Gasteiger partial charge on any atom is 0.0701 e. The van der Waals surface area contributed by atoms with E-state index in [1.165, 1.54) is 0 Å². The van der Waals surface area contributed by atoms with Crippen molar-refractivity contribution in [3.8, 4) is 0 Å². The quantitative estimate of drug-likeness (QED) is 0.460. The summed E-state index contributed by atoms with van der Waals surface area (Å²) in [4.78, 5) is 5.31. The average Bonchev–Trinajstić information content (AvgIpc) is 2.33. The topological polar surface area (TPSA) is 21.7 Å². The van der Waals surface area contributed by atoms with E-state index < -0.39 is 0 Å². The second kappa shape index (κ2) is 2.25. The van der Waals surface area contributed by atoms with Gasteiger partial charge in [0.05, 0.1) is 25.9 Å². The number of hydrogen-bond donors (Lipinski definition) is 0. The molecule has 2 saturated heterocycles. The summed E-state index contributed by atoms with van der Waals surface area (Å²) in [6.45, 7) is 3.52. The van der Waals surface area contributed by atoms with Gasteiger partial charge in [0, 0.05) is 6.54 Å². The van der Waals surface area contributed by atoms with Crippen LogP contribution in [0.25, 0.3) is 0 Å². The molecule has 9 heavy (non-hydrogen) atoms. The third-order valence-corrected chi connectivity index (χ3v) is 1.88. The monoisotopic (exact) mass is 129 g/mol. The molecule has 0 spiro atoms. The molecule has 3 heteroatoms. The largest absolute Gasteiger partial charge is 0.378 e. The Labute approximate surface area is 54.5 Å². The van der Waals surface area contributed by atoms with E-state index in [9.17, 15) is 0 Å². The highest BCUT2D eigenvalue weighted by atomic mass is 16.7. The lowest BCUT2D eigenvalue weighted by atomic mass is 10.2. The van der Waals surface area contributed by atoms with Gasteiger partial charge < -0.3 is 4.74 Å². The van der Waals surface area contributed by atoms with Crippen LogP contribution in [0.1, 0.15) is 6.42 Å². The van der Waals surface area contributed by atoms with Crippen LogP contribution in [-0.2, 0) is 9.57 Å². The minimum atomic E-state index is 0.554. The first kappa shape index (κ1) is 5.65. The lowest BCUT2D eigenvalue weighted by Gasteiger charge is -2.26. The number of nitrogens with zero attached hydrogens (tertiary/aromatic N) is 1. The van der Waals surface area contributed by atoms with Gasteiger partial charge >= 0.3 is 0 Å². The zero-order chi connectivity index (χ0) is 6.10. The fraction of sp³-hybridized carbons (Fsp3) is 1.00. The van der Waals surface area contributed by atoms with Crippen molar-refractivity contribution >= 4 is 0 Å². The first-order valence-electron chi connectivity index (χ1n) is 3.44. The number of hydroxylamine groups is 2. The van der Waals surface area contributed by atoms with Crippen molar-refractivity contribution in [2.45, 2.75) is 12.5 Å². The molecule has 0 aromatic heterocycles. The highest BCUT2D eigenvalue weighted by Gasteiger charge is 2.28. The van der Waals surface area contributed by atoms with Crippen molar-refractivity contribution in [2.75, 3.05) is 26.4 Å². The van der Waals surface area contributed by atoms with E-state index in [0.717, 1.165) is 32.8 Å². The van der Waals surface area contributed by atoms with E-state index in [4.69, 9.17) is 9.57 Å². The fourth-order valence-corrected chi connectivity index (χ4v) is 1.34. The second-order valence-electron chi connectivity index (χ2n) is 2.49. The fourth-order valence-electron chi connectivity index (χ4n) is 1.34. The Balaban J connectivity index is 1.97. The van der Waals surface area contributed by atoms with Gasteiger partial charge in [-0.25, -0.2) is 0 Å². The molecule has 52 valence electrons. The molecular weight excluding hydrogens is 118 g/mol. The molecule has 2 aliphatic heterocycles. The Morgan fingerprint density at radius 1 is 1.33 bits per heavy atom. The van der Waals surface area contributed by atoms with Gasteiger partial charge in [-0.3, -0.25) is 4.84 Å². The van der Waals surface area contributed by atoms with Gasteiger partial charge in [0.1, 0.15) is 0 Å². The van der Waals surface area contributed by atoms with Crippen molar-refractivity contribution in [2.24, 2.45) is 0 Å². The first-order chi connectivity index (χ1) is 4.47. The second-order valence-corrected chi connectivity index (χ2v) is 2.49. The summed E-state index contributed by atoms with van der Waals surface area (Å²) in [6.07, 6.45) is 1.14. The Morgan fingerprint density at radius 3 is 3.22 bits per heavy atom. The molecule has 2 fully saturated rings. The highest BCUT2D eigenvalue weighted by molar-refractivity contribution is 4.72. The molecule has 0 N–H and O–H groups in total. The molecule has 2 aliphatic rings. The minimum absolute atomic E-state index is 0.554. The Hall–Kier alpha value is -0.120. The van der Waals surface area contributed by atoms with Crippen molar-refractivity contribution in [1.29, 1.82) is 0 Å². The third kappa shape index (κ3) is 0.956. The Kier molecular flexibility index (Phi) is 1.41. The van der Waals surface area contributed by atoms with Gasteiger partial charge in [0.15, 0.2) is 0 Å². The van der Waals surface area contributed by atoms with Crippen LogP contribution in [0, 0.1) is 0 Å². The third-order valence-electron chi connectivity index (χ3n) is 1.88. The maximum absolute atomic E-state index is 5.31. The maximum atomic E-state index is 5.31. The standard InChI is InChI=1S/C6H11NO2/c1-3-9-7-2-4-8-5-6(1)7/h6H,1-5H2. The molecule has 0 aromatic rings. The summed E-state index contributed by atoms with van der Waals surface area (Å²) in [5.74, 6) is 0. The van der Waals surface area contributed by atoms with Crippen LogP contribution in [0.4, 0.5) is 0 Å². The average molecular weight is 129 g/mol. The molecule has 0 aromatic carbocycles. The van der Waals surface area contributed by atoms with E-state index in [1.54, 1.807) is 0 Å². The Bertz CT molecular complexity index is 95.2. The highest BCUT2D eigenvalue weighted by Crippen LogP contribution is 2.16. The molecule has 3 nitrogen and oxygen atoms in total. The van der Waals surface area contributed by atoms with E-state index in [1.807, 2.05) is 5.06 Å². The van der Waals surface area contributed by atoms with Crippen LogP contribution in [0.5, 0.6) is 0 Å². The summed E-state index contributed by atoms with van der Waals surface area (Å²) < 4.78 is 5.26. The molecule has 2 rings (SSSR count). The van der Waals surface area contributed by atoms with E-state index in [0.29, 0.717) is 6.04 Å². The molecule has 1 unspecified atom stereocenters. The zero-order valence-electron chi connectivity index (χ0n) is 5.38. The van der Waals surface area contributed by atoms with Crippen molar-refractivity contribution in [1.82, 2.24) is 5.06 Å². The van der Waals surface area contributed by atoms with Crippen LogP contribution in [-0.4, -0.2) is 37.5 Å². The molecular formula is C6H11NO2. The number of ether oxygens (including phenoxy) is 1. The smallest absolute Gasteiger partial charge is 0.0701 e. The van der Waals surface area contributed by atoms with Crippen LogP contribution in [0.3, 0.4) is 0 Å². The number of morpholine rings is 1. The van der Waals surface area contributed by atoms with Crippen LogP contribution in [0.15, 0.2) is 0 Å². The van der Waals surface area contributed by atoms with Gasteiger partial charge in [-0.2, -0.15) is 5.06 Å². The predicted molar refractivity (Wildman–Crippen MR) is 31.9 cm³/mol. The molecule has 0 aliphatic carbocycles. The van der Waals surface area contributed by atoms with E-state index in [2.05, 4.69) is 0 Å². The lowest BCUT2D eigenvalue weighted by Crippen LogP contribution is -2.39. The van der Waals surface area contributed by atoms with Gasteiger partial charge in [-0.05, 0) is 6.42 Å². The Morgan fingerprint density at radius 2 is 2.33 bits per heavy atom. The summed E-state index contributed by atoms with van der Waals surface area (Å²) in [5.41, 5.74) is 0. The van der Waals surface area contributed by atoms with Crippen molar-refractivity contribution in [3.63, 3.8) is 0 Å². The number of fused-ring (bicyclic) bond motifs is 1. The zero-order valence-corrected chi connectivity index (χ0v) is 5.38. The number of rotatable bonds is 0. The van der Waals surface area contributed by atoms with E-state index >= 15 is 0 Å². The summed E-state index contributed by atoms with van der Waals surface area (Å²) in [5, 5.41) is 2.05. The van der Waals surface area contributed by atoms with E-state index in [-0.39, 0.29) is 0 Å². The lowest BCUT2D eigenvalue weighted by molar-refractivity contribution is -0.174. The van der Waals surface area contributed by atoms with Crippen molar-refractivity contribution < 1.29 is 9.57 Å². The SMILES string of the molecule is C1CN2OCCC2CO1. The van der Waals surface area contributed by atoms with Gasteiger partial charge in [-0.15, -0.1) is 0 Å². The first-order valence-corrected chi connectivity index (χ1v) is 3.44. The summed E-state index contributed by atoms with van der Waals surface area (Å²) >= 11 is 0. The summed E-state index contributed by atoms with van der Waals surface area (Å²) in [7, 11) is 0. The molecule has 0 bridgehead atoms. The molecule has 0 radical (unpaired) electrons. The van der Waals surface area contributed by atoms with Gasteiger partial charge in [0.25, 0.3) is 0 Å². The minimum Gasteiger partial charge on any atom is -0.378 e. The van der Waals surface area contributed by atoms with Gasteiger partial charge in [-0.1, -0.05) is 0 Å². The van der Waals surface area contributed by atoms with Gasteiger partial charge in [0.2, 0.25) is 0 Å². The predicted octanol–water partition coefficient (Wildman–Crippen LogP) is 0.0225. The molecule has 0 amide bonds. The van der Waals surface area contributed by atoms with Crippen LogP contribution < -0.4 is 0 Å². The molecule has 2 heterocycles. The normalized spacial score (nSPS) is 36.7. The number of hydrogen-bond acceptors (Lipinski definition) is 3. The molecule has 1 atom stereocenters. The summed E-state index contributed by atoms with van der Waals surface area (Å²) in [6, 6.07) is 0.554.